The van der Waals surface area contributed by atoms with Crippen molar-refractivity contribution in [2.45, 2.75) is 6.92 Å². The second kappa shape index (κ2) is 5.38. The molecule has 1 heterocycles. The zero-order chi connectivity index (χ0) is 12.3. The lowest BCUT2D eigenvalue weighted by Gasteiger charge is -1.96. The molecular weight excluding hydrogens is 258 g/mol. The van der Waals surface area contributed by atoms with Crippen molar-refractivity contribution in [3.05, 3.63) is 40.5 Å². The van der Waals surface area contributed by atoms with Gasteiger partial charge in [-0.1, -0.05) is 29.8 Å². The minimum atomic E-state index is -0.117. The first-order valence-corrected chi connectivity index (χ1v) is 6.30. The van der Waals surface area contributed by atoms with Crippen molar-refractivity contribution in [3.8, 4) is 0 Å². The lowest BCUT2D eigenvalue weighted by atomic mass is 10.2. The van der Waals surface area contributed by atoms with Crippen molar-refractivity contribution in [2.24, 2.45) is 4.99 Å². The highest BCUT2D eigenvalue weighted by Gasteiger charge is 2.23. The normalized spacial score (nSPS) is 17.4. The molecule has 1 aliphatic heterocycles. The van der Waals surface area contributed by atoms with E-state index in [4.69, 9.17) is 16.3 Å². The number of carbonyl (C=O) groups excluding carboxylic acids is 1. The van der Waals surface area contributed by atoms with Gasteiger partial charge in [-0.3, -0.25) is 4.79 Å². The molecular formula is C12H10ClNO2S. The number of ether oxygens (including phenoxy) is 1. The third-order valence-electron chi connectivity index (χ3n) is 2.07. The average Bonchev–Trinajstić information content (AvgIpc) is 2.63. The fraction of sp³-hybridized carbons (Fsp3) is 0.167. The van der Waals surface area contributed by atoms with E-state index >= 15 is 0 Å². The summed E-state index contributed by atoms with van der Waals surface area (Å²) in [4.78, 5) is 15.7. The van der Waals surface area contributed by atoms with Crippen molar-refractivity contribution < 1.29 is 9.53 Å². The van der Waals surface area contributed by atoms with Crippen molar-refractivity contribution in [3.63, 3.8) is 0 Å². The molecule has 88 valence electrons. The van der Waals surface area contributed by atoms with Crippen LogP contribution in [0.4, 0.5) is 0 Å². The third-order valence-corrected chi connectivity index (χ3v) is 3.19. The lowest BCUT2D eigenvalue weighted by molar-refractivity contribution is -0.107. The Bertz CT molecular complexity index is 511. The summed E-state index contributed by atoms with van der Waals surface area (Å²) < 4.78 is 5.19. The molecule has 0 saturated carbocycles. The summed E-state index contributed by atoms with van der Waals surface area (Å²) in [6.07, 6.45) is 1.67. The Balaban J connectivity index is 2.28. The molecule has 0 radical (unpaired) electrons. The van der Waals surface area contributed by atoms with Crippen molar-refractivity contribution in [2.75, 3.05) is 6.61 Å². The van der Waals surface area contributed by atoms with Gasteiger partial charge in [0.05, 0.1) is 6.61 Å². The maximum Gasteiger partial charge on any atom is 0.259 e. The van der Waals surface area contributed by atoms with Gasteiger partial charge in [0.1, 0.15) is 5.70 Å². The Kier molecular flexibility index (Phi) is 3.86. The first-order chi connectivity index (χ1) is 8.20. The fourth-order valence-electron chi connectivity index (χ4n) is 1.31. The molecule has 3 nitrogen and oxygen atoms in total. The van der Waals surface area contributed by atoms with Crippen LogP contribution in [0, 0.1) is 0 Å². The van der Waals surface area contributed by atoms with Gasteiger partial charge in [-0.25, -0.2) is 4.99 Å². The van der Waals surface area contributed by atoms with E-state index in [2.05, 4.69) is 4.99 Å². The molecule has 0 aromatic heterocycles. The van der Waals surface area contributed by atoms with Gasteiger partial charge in [0.2, 0.25) is 5.12 Å². The maximum absolute atomic E-state index is 11.6. The third kappa shape index (κ3) is 2.90. The highest BCUT2D eigenvalue weighted by molar-refractivity contribution is 8.26. The van der Waals surface area contributed by atoms with E-state index in [9.17, 15) is 4.79 Å². The van der Waals surface area contributed by atoms with Crippen molar-refractivity contribution >= 4 is 39.8 Å². The van der Waals surface area contributed by atoms with E-state index in [1.807, 2.05) is 25.1 Å². The van der Waals surface area contributed by atoms with E-state index in [0.717, 1.165) is 17.3 Å². The number of rotatable bonds is 2. The zero-order valence-electron chi connectivity index (χ0n) is 9.14. The molecule has 0 spiro atoms. The Morgan fingerprint density at radius 2 is 2.24 bits per heavy atom. The SMILES string of the molecule is CCOC1=N/C(=C/c2ccccc2Cl)C(=O)S1. The lowest BCUT2D eigenvalue weighted by Crippen LogP contribution is -1.95. The molecule has 0 unspecified atom stereocenters. The van der Waals surface area contributed by atoms with Gasteiger partial charge >= 0.3 is 0 Å². The zero-order valence-corrected chi connectivity index (χ0v) is 10.7. The molecule has 0 fully saturated rings. The largest absolute Gasteiger partial charge is 0.473 e. The molecule has 2 rings (SSSR count). The van der Waals surface area contributed by atoms with Crippen LogP contribution in [-0.2, 0) is 9.53 Å². The molecule has 0 aliphatic carbocycles. The van der Waals surface area contributed by atoms with Crippen LogP contribution in [0.3, 0.4) is 0 Å². The smallest absolute Gasteiger partial charge is 0.259 e. The Labute approximate surface area is 109 Å². The number of benzene rings is 1. The van der Waals surface area contributed by atoms with Gasteiger partial charge in [0, 0.05) is 16.8 Å². The minimum absolute atomic E-state index is 0.117. The molecule has 1 aromatic rings. The van der Waals surface area contributed by atoms with E-state index in [0.29, 0.717) is 22.6 Å². The van der Waals surface area contributed by atoms with Gasteiger partial charge in [-0.05, 0) is 24.6 Å². The summed E-state index contributed by atoms with van der Waals surface area (Å²) in [5.74, 6) is 0. The molecule has 0 amide bonds. The number of hydrogen-bond donors (Lipinski definition) is 0. The van der Waals surface area contributed by atoms with E-state index in [1.165, 1.54) is 0 Å². The van der Waals surface area contributed by atoms with E-state index < -0.39 is 0 Å². The molecule has 1 aliphatic rings. The summed E-state index contributed by atoms with van der Waals surface area (Å²) in [6, 6.07) is 7.30. The highest BCUT2D eigenvalue weighted by atomic mass is 35.5. The maximum atomic E-state index is 11.6. The van der Waals surface area contributed by atoms with Gasteiger partial charge in [-0.15, -0.1) is 0 Å². The summed E-state index contributed by atoms with van der Waals surface area (Å²) in [5.41, 5.74) is 1.14. The van der Waals surface area contributed by atoms with Crippen LogP contribution < -0.4 is 0 Å². The second-order valence-electron chi connectivity index (χ2n) is 3.25. The summed E-state index contributed by atoms with van der Waals surface area (Å²) in [5, 5.41) is 0.877. The van der Waals surface area contributed by atoms with Gasteiger partial charge in [-0.2, -0.15) is 0 Å². The molecule has 0 saturated heterocycles. The molecule has 0 N–H and O–H groups in total. The first kappa shape index (κ1) is 12.2. The predicted molar refractivity (Wildman–Crippen MR) is 71.1 cm³/mol. The van der Waals surface area contributed by atoms with Crippen LogP contribution in [0.5, 0.6) is 0 Å². The fourth-order valence-corrected chi connectivity index (χ4v) is 2.19. The molecule has 17 heavy (non-hydrogen) atoms. The standard InChI is InChI=1S/C12H10ClNO2S/c1-2-16-12-14-10(11(15)17-12)7-8-5-3-4-6-9(8)13/h3-7H,2H2,1H3/b10-7+. The second-order valence-corrected chi connectivity index (χ2v) is 4.58. The van der Waals surface area contributed by atoms with Crippen LogP contribution in [-0.4, -0.2) is 17.0 Å². The van der Waals surface area contributed by atoms with Crippen LogP contribution in [0.2, 0.25) is 5.02 Å². The van der Waals surface area contributed by atoms with E-state index in [1.54, 1.807) is 12.1 Å². The van der Waals surface area contributed by atoms with Gasteiger partial charge in [0.25, 0.3) is 5.23 Å². The number of halogens is 1. The molecule has 0 atom stereocenters. The number of thioether (sulfide) groups is 1. The number of aliphatic imine (C=N–C) groups is 1. The van der Waals surface area contributed by atoms with Crippen molar-refractivity contribution in [1.82, 2.24) is 0 Å². The Morgan fingerprint density at radius 1 is 1.47 bits per heavy atom. The molecule has 5 heteroatoms. The minimum Gasteiger partial charge on any atom is -0.473 e. The van der Waals surface area contributed by atoms with Gasteiger partial charge < -0.3 is 4.74 Å². The van der Waals surface area contributed by atoms with Crippen molar-refractivity contribution in [1.29, 1.82) is 0 Å². The number of carbonyl (C=O) groups is 1. The molecule has 0 bridgehead atoms. The van der Waals surface area contributed by atoms with Crippen LogP contribution in [0.25, 0.3) is 6.08 Å². The van der Waals surface area contributed by atoms with Gasteiger partial charge in [0.15, 0.2) is 0 Å². The van der Waals surface area contributed by atoms with Crippen LogP contribution in [0.15, 0.2) is 35.0 Å². The highest BCUT2D eigenvalue weighted by Crippen LogP contribution is 2.27. The quantitative estimate of drug-likeness (QED) is 0.772. The monoisotopic (exact) mass is 267 g/mol. The predicted octanol–water partition coefficient (Wildman–Crippen LogP) is 3.35. The van der Waals surface area contributed by atoms with Crippen LogP contribution >= 0.6 is 23.4 Å². The number of nitrogens with zero attached hydrogens (tertiary/aromatic N) is 1. The molecule has 1 aromatic carbocycles. The first-order valence-electron chi connectivity index (χ1n) is 5.10. The topological polar surface area (TPSA) is 38.7 Å². The summed E-state index contributed by atoms with van der Waals surface area (Å²) >= 11 is 7.01. The summed E-state index contributed by atoms with van der Waals surface area (Å²) in [7, 11) is 0. The van der Waals surface area contributed by atoms with E-state index in [-0.39, 0.29) is 5.12 Å². The Morgan fingerprint density at radius 3 is 2.94 bits per heavy atom. The summed E-state index contributed by atoms with van der Waals surface area (Å²) in [6.45, 7) is 2.35. The average molecular weight is 268 g/mol. The van der Waals surface area contributed by atoms with Crippen LogP contribution in [0.1, 0.15) is 12.5 Å². The Hall–Kier alpha value is -1.26. The number of hydrogen-bond acceptors (Lipinski definition) is 4.